The Bertz CT molecular complexity index is 646. The quantitative estimate of drug-likeness (QED) is 0.832. The molecule has 1 heterocycles. The summed E-state index contributed by atoms with van der Waals surface area (Å²) in [4.78, 5) is 0. The molecule has 0 aliphatic carbocycles. The van der Waals surface area contributed by atoms with Gasteiger partial charge in [-0.3, -0.25) is 4.21 Å². The van der Waals surface area contributed by atoms with E-state index in [0.29, 0.717) is 24.8 Å². The average Bonchev–Trinajstić information content (AvgIpc) is 2.81. The van der Waals surface area contributed by atoms with Crippen molar-refractivity contribution in [3.8, 4) is 11.4 Å². The Morgan fingerprint density at radius 3 is 2.80 bits per heavy atom. The minimum atomic E-state index is -0.915. The van der Waals surface area contributed by atoms with Gasteiger partial charge >= 0.3 is 0 Å². The van der Waals surface area contributed by atoms with E-state index in [0.717, 1.165) is 6.07 Å². The molecule has 1 aromatic heterocycles. The normalized spacial score (nSPS) is 12.6. The zero-order valence-electron chi connectivity index (χ0n) is 10.7. The first kappa shape index (κ1) is 14.5. The first-order valence-electron chi connectivity index (χ1n) is 5.80. The van der Waals surface area contributed by atoms with Crippen LogP contribution in [-0.4, -0.2) is 36.4 Å². The number of rotatable bonds is 5. The molecule has 108 valence electrons. The molecule has 0 aliphatic rings. The van der Waals surface area contributed by atoms with Gasteiger partial charge in [0.25, 0.3) is 0 Å². The lowest BCUT2D eigenvalue weighted by atomic mass is 10.1. The predicted molar refractivity (Wildman–Crippen MR) is 71.1 cm³/mol. The molecular formula is C11H13F2N5OS. The van der Waals surface area contributed by atoms with Crippen molar-refractivity contribution in [3.63, 3.8) is 0 Å². The fourth-order valence-corrected chi connectivity index (χ4v) is 2.24. The van der Waals surface area contributed by atoms with Crippen molar-refractivity contribution < 1.29 is 13.0 Å². The van der Waals surface area contributed by atoms with Gasteiger partial charge in [-0.1, -0.05) is 0 Å². The first-order chi connectivity index (χ1) is 9.49. The summed E-state index contributed by atoms with van der Waals surface area (Å²) < 4.78 is 39.3. The lowest BCUT2D eigenvalue weighted by Gasteiger charge is -2.06. The minimum Gasteiger partial charge on any atom is -0.396 e. The summed E-state index contributed by atoms with van der Waals surface area (Å²) in [5.41, 5.74) is 5.28. The maximum Gasteiger partial charge on any atom is 0.185 e. The van der Waals surface area contributed by atoms with Crippen LogP contribution in [0.5, 0.6) is 0 Å². The number of halogens is 2. The van der Waals surface area contributed by atoms with Crippen LogP contribution >= 0.6 is 0 Å². The lowest BCUT2D eigenvalue weighted by Crippen LogP contribution is -2.07. The van der Waals surface area contributed by atoms with Gasteiger partial charge in [-0.05, 0) is 22.9 Å². The third-order valence-corrected chi connectivity index (χ3v) is 3.52. The molecule has 20 heavy (non-hydrogen) atoms. The second-order valence-corrected chi connectivity index (χ2v) is 5.76. The van der Waals surface area contributed by atoms with Crippen LogP contribution in [0.3, 0.4) is 0 Å². The van der Waals surface area contributed by atoms with Crippen molar-refractivity contribution in [2.24, 2.45) is 0 Å². The van der Waals surface area contributed by atoms with E-state index in [2.05, 4.69) is 15.5 Å². The van der Waals surface area contributed by atoms with Crippen LogP contribution in [0.1, 0.15) is 6.42 Å². The van der Waals surface area contributed by atoms with Crippen molar-refractivity contribution in [2.75, 3.05) is 17.7 Å². The highest BCUT2D eigenvalue weighted by Crippen LogP contribution is 2.24. The Morgan fingerprint density at radius 2 is 2.10 bits per heavy atom. The van der Waals surface area contributed by atoms with Gasteiger partial charge < -0.3 is 5.73 Å². The van der Waals surface area contributed by atoms with Crippen molar-refractivity contribution in [1.82, 2.24) is 20.2 Å². The molecule has 0 fully saturated rings. The van der Waals surface area contributed by atoms with E-state index in [4.69, 9.17) is 5.73 Å². The summed E-state index contributed by atoms with van der Waals surface area (Å²) in [6.07, 6.45) is 2.18. The van der Waals surface area contributed by atoms with Gasteiger partial charge in [0.05, 0.1) is 11.3 Å². The van der Waals surface area contributed by atoms with E-state index in [9.17, 15) is 13.0 Å². The molecule has 2 aromatic rings. The van der Waals surface area contributed by atoms with Crippen LogP contribution in [0.15, 0.2) is 12.1 Å². The highest BCUT2D eigenvalue weighted by atomic mass is 32.2. The first-order valence-corrected chi connectivity index (χ1v) is 7.53. The second-order valence-electron chi connectivity index (χ2n) is 4.21. The van der Waals surface area contributed by atoms with Crippen molar-refractivity contribution in [2.45, 2.75) is 13.0 Å². The molecule has 0 aliphatic heterocycles. The van der Waals surface area contributed by atoms with Crippen LogP contribution in [0.2, 0.25) is 0 Å². The smallest absolute Gasteiger partial charge is 0.185 e. The molecule has 0 bridgehead atoms. The molecule has 2 rings (SSSR count). The fraction of sp³-hybridized carbons (Fsp3) is 0.364. The molecule has 1 unspecified atom stereocenters. The average molecular weight is 301 g/mol. The molecule has 6 nitrogen and oxygen atoms in total. The minimum absolute atomic E-state index is 0.0338. The molecule has 0 amide bonds. The number of aryl methyl sites for hydroxylation is 1. The number of nitrogens with two attached hydrogens (primary N) is 1. The van der Waals surface area contributed by atoms with Gasteiger partial charge in [-0.15, -0.1) is 5.10 Å². The van der Waals surface area contributed by atoms with Gasteiger partial charge in [0.2, 0.25) is 0 Å². The second kappa shape index (κ2) is 6.04. The van der Waals surface area contributed by atoms with Crippen LogP contribution in [0.25, 0.3) is 11.4 Å². The summed E-state index contributed by atoms with van der Waals surface area (Å²) in [6, 6.07) is 1.86. The zero-order valence-corrected chi connectivity index (χ0v) is 11.5. The summed E-state index contributed by atoms with van der Waals surface area (Å²) in [6.45, 7) is 0.388. The van der Waals surface area contributed by atoms with E-state index in [1.165, 1.54) is 4.68 Å². The highest BCUT2D eigenvalue weighted by Gasteiger charge is 2.16. The van der Waals surface area contributed by atoms with Gasteiger partial charge in [-0.2, -0.15) is 0 Å². The lowest BCUT2D eigenvalue weighted by molar-refractivity contribution is 0.571. The number of aromatic nitrogens is 4. The third-order valence-electron chi connectivity index (χ3n) is 2.66. The van der Waals surface area contributed by atoms with Crippen LogP contribution in [0.4, 0.5) is 14.5 Å². The van der Waals surface area contributed by atoms with E-state index in [1.54, 1.807) is 6.26 Å². The topological polar surface area (TPSA) is 86.7 Å². The Labute approximate surface area is 116 Å². The van der Waals surface area contributed by atoms with Crippen LogP contribution in [0, 0.1) is 11.6 Å². The number of nitrogen functional groups attached to an aromatic ring is 1. The number of anilines is 1. The molecule has 0 saturated carbocycles. The van der Waals surface area contributed by atoms with Gasteiger partial charge in [0, 0.05) is 35.4 Å². The largest absolute Gasteiger partial charge is 0.396 e. The van der Waals surface area contributed by atoms with E-state index in [-0.39, 0.29) is 17.1 Å². The fourth-order valence-electron chi connectivity index (χ4n) is 1.70. The summed E-state index contributed by atoms with van der Waals surface area (Å²) in [5, 5.41) is 10.9. The van der Waals surface area contributed by atoms with Crippen LogP contribution in [-0.2, 0) is 17.3 Å². The molecule has 9 heteroatoms. The molecule has 0 radical (unpaired) electrons. The predicted octanol–water partition coefficient (Wildman–Crippen LogP) is 0.969. The van der Waals surface area contributed by atoms with Crippen molar-refractivity contribution in [1.29, 1.82) is 0 Å². The maximum absolute atomic E-state index is 13.8. The SMILES string of the molecule is CS(=O)CCCn1nnnc1-c1cc(N)c(F)cc1F. The van der Waals surface area contributed by atoms with Crippen molar-refractivity contribution >= 4 is 16.5 Å². The highest BCUT2D eigenvalue weighted by molar-refractivity contribution is 7.84. The standard InChI is InChI=1S/C11H13F2N5OS/c1-20(19)4-2-3-18-11(15-16-17-18)7-5-10(14)9(13)6-8(7)12/h5-6H,2-4,14H2,1H3. The van der Waals surface area contributed by atoms with Gasteiger partial charge in [0.15, 0.2) is 5.82 Å². The maximum atomic E-state index is 13.8. The number of benzene rings is 1. The van der Waals surface area contributed by atoms with Gasteiger partial charge in [-0.25, -0.2) is 13.5 Å². The monoisotopic (exact) mass is 301 g/mol. The molecule has 0 spiro atoms. The Balaban J connectivity index is 2.28. The zero-order chi connectivity index (χ0) is 14.7. The number of tetrazole rings is 1. The molecule has 0 saturated heterocycles. The Hall–Kier alpha value is -1.90. The number of hydrogen-bond acceptors (Lipinski definition) is 5. The van der Waals surface area contributed by atoms with Crippen LogP contribution < -0.4 is 5.73 Å². The molecule has 1 atom stereocenters. The van der Waals surface area contributed by atoms with E-state index >= 15 is 0 Å². The number of hydrogen-bond donors (Lipinski definition) is 1. The van der Waals surface area contributed by atoms with Crippen molar-refractivity contribution in [3.05, 3.63) is 23.8 Å². The molecule has 1 aromatic carbocycles. The van der Waals surface area contributed by atoms with E-state index < -0.39 is 22.4 Å². The summed E-state index contributed by atoms with van der Waals surface area (Å²) in [5.74, 6) is -0.956. The third kappa shape index (κ3) is 3.16. The Kier molecular flexibility index (Phi) is 4.38. The van der Waals surface area contributed by atoms with E-state index in [1.807, 2.05) is 0 Å². The molecule has 2 N–H and O–H groups in total. The van der Waals surface area contributed by atoms with Gasteiger partial charge in [0.1, 0.15) is 11.6 Å². The summed E-state index contributed by atoms with van der Waals surface area (Å²) >= 11 is 0. The Morgan fingerprint density at radius 1 is 1.35 bits per heavy atom. The molecular weight excluding hydrogens is 288 g/mol. The number of nitrogens with zero attached hydrogens (tertiary/aromatic N) is 4. The summed E-state index contributed by atoms with van der Waals surface area (Å²) in [7, 11) is -0.915.